The van der Waals surface area contributed by atoms with Crippen molar-refractivity contribution in [1.82, 2.24) is 10.3 Å². The molecule has 2 atom stereocenters. The van der Waals surface area contributed by atoms with Crippen LogP contribution in [0.25, 0.3) is 0 Å². The van der Waals surface area contributed by atoms with Crippen molar-refractivity contribution in [3.8, 4) is 5.75 Å². The van der Waals surface area contributed by atoms with E-state index in [4.69, 9.17) is 19.2 Å². The summed E-state index contributed by atoms with van der Waals surface area (Å²) in [6, 6.07) is 8.30. The molecule has 0 radical (unpaired) electrons. The molecule has 0 amide bonds. The van der Waals surface area contributed by atoms with Crippen LogP contribution in [0.2, 0.25) is 0 Å². The van der Waals surface area contributed by atoms with Crippen LogP contribution >= 0.6 is 11.3 Å². The third-order valence-corrected chi connectivity index (χ3v) is 6.82. The highest BCUT2D eigenvalue weighted by Crippen LogP contribution is 2.46. The maximum Gasteiger partial charge on any atom is 0.134 e. The second kappa shape index (κ2) is 8.27. The fourth-order valence-electron chi connectivity index (χ4n) is 4.47. The SMILES string of the molecule is COc1ccsc1CNCC[C@@]1(c2ccccn2)CCO[C@@]2(CCOC2)C1. The number of hydrogen-bond acceptors (Lipinski definition) is 6. The van der Waals surface area contributed by atoms with Gasteiger partial charge in [0.1, 0.15) is 5.75 Å². The summed E-state index contributed by atoms with van der Waals surface area (Å²) >= 11 is 1.73. The minimum Gasteiger partial charge on any atom is -0.496 e. The summed E-state index contributed by atoms with van der Waals surface area (Å²) in [5.74, 6) is 0.972. The molecule has 0 bridgehead atoms. The lowest BCUT2D eigenvalue weighted by molar-refractivity contribution is -0.109. The third kappa shape index (κ3) is 4.04. The minimum absolute atomic E-state index is 0.0414. The first-order valence-electron chi connectivity index (χ1n) is 9.70. The Bertz CT molecular complexity index is 730. The van der Waals surface area contributed by atoms with Crippen LogP contribution in [-0.4, -0.2) is 44.1 Å². The van der Waals surface area contributed by atoms with Crippen LogP contribution in [0.5, 0.6) is 5.75 Å². The van der Waals surface area contributed by atoms with Gasteiger partial charge in [-0.2, -0.15) is 0 Å². The van der Waals surface area contributed by atoms with Crippen molar-refractivity contribution in [2.75, 3.05) is 33.5 Å². The van der Waals surface area contributed by atoms with Gasteiger partial charge in [-0.15, -0.1) is 11.3 Å². The van der Waals surface area contributed by atoms with Crippen molar-refractivity contribution < 1.29 is 14.2 Å². The Labute approximate surface area is 165 Å². The highest BCUT2D eigenvalue weighted by atomic mass is 32.1. The van der Waals surface area contributed by atoms with Crippen LogP contribution in [0.4, 0.5) is 0 Å². The molecular weight excluding hydrogens is 360 g/mol. The molecule has 1 spiro atoms. The topological polar surface area (TPSA) is 52.6 Å². The van der Waals surface area contributed by atoms with Gasteiger partial charge in [-0.05, 0) is 49.4 Å². The Hall–Kier alpha value is -1.47. The molecule has 4 heterocycles. The van der Waals surface area contributed by atoms with Gasteiger partial charge in [0, 0.05) is 43.5 Å². The van der Waals surface area contributed by atoms with E-state index in [0.717, 1.165) is 57.7 Å². The van der Waals surface area contributed by atoms with Gasteiger partial charge >= 0.3 is 0 Å². The molecule has 0 aromatic carbocycles. The zero-order valence-corrected chi connectivity index (χ0v) is 16.7. The first kappa shape index (κ1) is 18.9. The van der Waals surface area contributed by atoms with Crippen molar-refractivity contribution in [1.29, 1.82) is 0 Å². The molecule has 2 saturated heterocycles. The van der Waals surface area contributed by atoms with E-state index in [1.807, 2.05) is 18.3 Å². The van der Waals surface area contributed by atoms with E-state index in [9.17, 15) is 0 Å². The lowest BCUT2D eigenvalue weighted by atomic mass is 9.68. The predicted octanol–water partition coefficient (Wildman–Crippen LogP) is 3.54. The van der Waals surface area contributed by atoms with E-state index in [1.165, 1.54) is 10.6 Å². The summed E-state index contributed by atoms with van der Waals surface area (Å²) < 4.78 is 17.3. The summed E-state index contributed by atoms with van der Waals surface area (Å²) in [6.45, 7) is 4.06. The fraction of sp³-hybridized carbons (Fsp3) is 0.571. The lowest BCUT2D eigenvalue weighted by Crippen LogP contribution is -2.49. The van der Waals surface area contributed by atoms with Crippen LogP contribution in [0, 0.1) is 0 Å². The van der Waals surface area contributed by atoms with E-state index < -0.39 is 0 Å². The molecule has 6 heteroatoms. The largest absolute Gasteiger partial charge is 0.496 e. The number of nitrogens with zero attached hydrogens (tertiary/aromatic N) is 1. The molecule has 0 saturated carbocycles. The molecular formula is C21H28N2O3S. The van der Waals surface area contributed by atoms with Crippen LogP contribution in [0.3, 0.4) is 0 Å². The molecule has 5 nitrogen and oxygen atoms in total. The number of ether oxygens (including phenoxy) is 3. The minimum atomic E-state index is -0.132. The Morgan fingerprint density at radius 3 is 3.00 bits per heavy atom. The quantitative estimate of drug-likeness (QED) is 0.736. The van der Waals surface area contributed by atoms with Gasteiger partial charge in [-0.1, -0.05) is 6.07 Å². The van der Waals surface area contributed by atoms with E-state index in [-0.39, 0.29) is 11.0 Å². The molecule has 146 valence electrons. The Balaban J connectivity index is 1.46. The summed E-state index contributed by atoms with van der Waals surface area (Å²) in [4.78, 5) is 5.99. The number of methoxy groups -OCH3 is 1. The second-order valence-electron chi connectivity index (χ2n) is 7.60. The Kier molecular flexibility index (Phi) is 5.78. The van der Waals surface area contributed by atoms with E-state index in [2.05, 4.69) is 22.8 Å². The molecule has 2 aromatic rings. The summed E-state index contributed by atoms with van der Waals surface area (Å²) in [5.41, 5.74) is 1.10. The fourth-order valence-corrected chi connectivity index (χ4v) is 5.28. The molecule has 0 aliphatic carbocycles. The maximum absolute atomic E-state index is 6.21. The molecule has 2 aromatic heterocycles. The van der Waals surface area contributed by atoms with E-state index in [1.54, 1.807) is 18.4 Å². The summed E-state index contributed by atoms with van der Waals surface area (Å²) in [5, 5.41) is 5.69. The van der Waals surface area contributed by atoms with Crippen molar-refractivity contribution in [3.05, 3.63) is 46.4 Å². The van der Waals surface area contributed by atoms with E-state index >= 15 is 0 Å². The van der Waals surface area contributed by atoms with Crippen molar-refractivity contribution >= 4 is 11.3 Å². The summed E-state index contributed by atoms with van der Waals surface area (Å²) in [7, 11) is 1.73. The van der Waals surface area contributed by atoms with Gasteiger partial charge < -0.3 is 19.5 Å². The molecule has 1 N–H and O–H groups in total. The van der Waals surface area contributed by atoms with Crippen molar-refractivity contribution in [2.45, 2.75) is 43.2 Å². The van der Waals surface area contributed by atoms with Crippen molar-refractivity contribution in [2.24, 2.45) is 0 Å². The first-order valence-corrected chi connectivity index (χ1v) is 10.6. The predicted molar refractivity (Wildman–Crippen MR) is 106 cm³/mol. The average Bonchev–Trinajstić information content (AvgIpc) is 3.35. The molecule has 4 rings (SSSR count). The van der Waals surface area contributed by atoms with Crippen LogP contribution < -0.4 is 10.1 Å². The molecule has 27 heavy (non-hydrogen) atoms. The maximum atomic E-state index is 6.21. The van der Waals surface area contributed by atoms with Gasteiger partial charge in [0.05, 0.1) is 24.2 Å². The number of rotatable bonds is 7. The molecule has 2 fully saturated rings. The van der Waals surface area contributed by atoms with Gasteiger partial charge in [0.2, 0.25) is 0 Å². The molecule has 2 aliphatic heterocycles. The normalized spacial score (nSPS) is 27.9. The average molecular weight is 389 g/mol. The number of hydrogen-bond donors (Lipinski definition) is 1. The molecule has 2 aliphatic rings. The van der Waals surface area contributed by atoms with Gasteiger partial charge in [-0.3, -0.25) is 4.98 Å². The van der Waals surface area contributed by atoms with Crippen molar-refractivity contribution in [3.63, 3.8) is 0 Å². The first-order chi connectivity index (χ1) is 13.3. The number of thiophene rings is 1. The Morgan fingerprint density at radius 2 is 2.22 bits per heavy atom. The zero-order valence-electron chi connectivity index (χ0n) is 15.9. The number of nitrogens with one attached hydrogen (secondary N) is 1. The number of aromatic nitrogens is 1. The van der Waals surface area contributed by atoms with Crippen LogP contribution in [0.15, 0.2) is 35.8 Å². The number of pyridine rings is 1. The third-order valence-electron chi connectivity index (χ3n) is 5.92. The second-order valence-corrected chi connectivity index (χ2v) is 8.60. The van der Waals surface area contributed by atoms with Crippen LogP contribution in [-0.2, 0) is 21.4 Å². The molecule has 0 unspecified atom stereocenters. The van der Waals surface area contributed by atoms with Gasteiger partial charge in [0.15, 0.2) is 0 Å². The highest BCUT2D eigenvalue weighted by Gasteiger charge is 2.49. The highest BCUT2D eigenvalue weighted by molar-refractivity contribution is 7.10. The Morgan fingerprint density at radius 1 is 1.26 bits per heavy atom. The van der Waals surface area contributed by atoms with Gasteiger partial charge in [0.25, 0.3) is 0 Å². The zero-order chi connectivity index (χ0) is 18.6. The van der Waals surface area contributed by atoms with E-state index in [0.29, 0.717) is 6.61 Å². The standard InChI is InChI=1S/C21H28N2O3S/c1-24-17-5-13-27-18(17)14-22-10-6-20(19-4-2-3-9-23-19)7-12-26-21(15-20)8-11-25-16-21/h2-5,9,13,22H,6-8,10-12,14-16H2,1H3/t20-,21+/m1/s1. The smallest absolute Gasteiger partial charge is 0.134 e. The lowest BCUT2D eigenvalue weighted by Gasteiger charge is -2.45. The summed E-state index contributed by atoms with van der Waals surface area (Å²) in [6.07, 6.45) is 5.94. The monoisotopic (exact) mass is 388 g/mol. The van der Waals surface area contributed by atoms with Crippen LogP contribution in [0.1, 0.15) is 36.3 Å². The van der Waals surface area contributed by atoms with Gasteiger partial charge in [-0.25, -0.2) is 0 Å².